The number of rotatable bonds is 3. The van der Waals surface area contributed by atoms with Gasteiger partial charge in [-0.2, -0.15) is 5.10 Å². The van der Waals surface area contributed by atoms with Crippen molar-refractivity contribution in [1.29, 1.82) is 0 Å². The summed E-state index contributed by atoms with van der Waals surface area (Å²) in [5.74, 6) is 0.268. The zero-order valence-corrected chi connectivity index (χ0v) is 10.7. The highest BCUT2D eigenvalue weighted by Gasteiger charge is 2.13. The van der Waals surface area contributed by atoms with Gasteiger partial charge in [0.05, 0.1) is 6.10 Å². The predicted molar refractivity (Wildman–Crippen MR) is 63.8 cm³/mol. The number of aromatic nitrogens is 3. The Labute approximate surface area is 106 Å². The first-order chi connectivity index (χ1) is 8.06. The maximum Gasteiger partial charge on any atom is 0.138 e. The van der Waals surface area contributed by atoms with Crippen LogP contribution < -0.4 is 0 Å². The van der Waals surface area contributed by atoms with Crippen LogP contribution in [0, 0.1) is 5.82 Å². The van der Waals surface area contributed by atoms with Gasteiger partial charge in [-0.1, -0.05) is 15.9 Å². The smallest absolute Gasteiger partial charge is 0.138 e. The Bertz CT molecular complexity index is 509. The monoisotopic (exact) mass is 299 g/mol. The highest BCUT2D eigenvalue weighted by atomic mass is 79.9. The number of benzene rings is 1. The Kier molecular flexibility index (Phi) is 3.54. The van der Waals surface area contributed by atoms with Gasteiger partial charge in [-0.05, 0) is 23.8 Å². The maximum absolute atomic E-state index is 13.2. The van der Waals surface area contributed by atoms with E-state index in [2.05, 4.69) is 26.0 Å². The lowest BCUT2D eigenvalue weighted by molar-refractivity contribution is 0.174. The molecule has 1 aromatic carbocycles. The normalized spacial score (nSPS) is 12.7. The van der Waals surface area contributed by atoms with Crippen LogP contribution >= 0.6 is 15.9 Å². The van der Waals surface area contributed by atoms with Crippen LogP contribution in [-0.4, -0.2) is 19.9 Å². The lowest BCUT2D eigenvalue weighted by atomic mass is 10.1. The first kappa shape index (κ1) is 12.2. The second-order valence-electron chi connectivity index (χ2n) is 3.72. The number of hydrogen-bond donors (Lipinski definition) is 1. The zero-order chi connectivity index (χ0) is 12.4. The van der Waals surface area contributed by atoms with Crippen molar-refractivity contribution in [3.8, 4) is 0 Å². The van der Waals surface area contributed by atoms with Gasteiger partial charge in [0.1, 0.15) is 18.0 Å². The molecule has 0 radical (unpaired) electrons. The van der Waals surface area contributed by atoms with Crippen molar-refractivity contribution < 1.29 is 9.50 Å². The van der Waals surface area contributed by atoms with E-state index in [0.717, 1.165) is 0 Å². The molecule has 1 atom stereocenters. The Morgan fingerprint density at radius 2 is 2.24 bits per heavy atom. The quantitative estimate of drug-likeness (QED) is 0.943. The number of halogens is 2. The van der Waals surface area contributed by atoms with Crippen LogP contribution in [0.15, 0.2) is 29.0 Å². The molecular weight excluding hydrogens is 289 g/mol. The largest absolute Gasteiger partial charge is 0.388 e. The van der Waals surface area contributed by atoms with Gasteiger partial charge in [0.2, 0.25) is 0 Å². The average Bonchev–Trinajstić information content (AvgIpc) is 2.63. The Morgan fingerprint density at radius 3 is 2.82 bits per heavy atom. The Balaban J connectivity index is 2.20. The van der Waals surface area contributed by atoms with Gasteiger partial charge in [0, 0.05) is 17.9 Å². The van der Waals surface area contributed by atoms with Crippen LogP contribution in [0.4, 0.5) is 4.39 Å². The fourth-order valence-electron chi connectivity index (χ4n) is 1.56. The molecule has 0 bridgehead atoms. The van der Waals surface area contributed by atoms with Gasteiger partial charge in [-0.3, -0.25) is 4.68 Å². The van der Waals surface area contributed by atoms with Crippen molar-refractivity contribution in [2.75, 3.05) is 0 Å². The second-order valence-corrected chi connectivity index (χ2v) is 4.64. The molecule has 90 valence electrons. The molecule has 1 aromatic heterocycles. The molecule has 0 spiro atoms. The molecule has 0 aliphatic rings. The van der Waals surface area contributed by atoms with E-state index in [4.69, 9.17) is 0 Å². The molecule has 0 amide bonds. The van der Waals surface area contributed by atoms with Crippen molar-refractivity contribution in [3.05, 3.63) is 46.2 Å². The predicted octanol–water partition coefficient (Wildman–Crippen LogP) is 1.99. The molecule has 0 aliphatic carbocycles. The lowest BCUT2D eigenvalue weighted by Crippen LogP contribution is -2.08. The fourth-order valence-corrected chi connectivity index (χ4v) is 2.05. The standard InChI is InChI=1S/C11H11BrFN3O/c1-16-11(14-6-15-16)5-10(17)7-2-8(12)4-9(13)3-7/h2-4,6,10,17H,5H2,1H3. The minimum absolute atomic E-state index is 0.298. The van der Waals surface area contributed by atoms with E-state index in [9.17, 15) is 9.50 Å². The molecule has 4 nitrogen and oxygen atoms in total. The molecule has 17 heavy (non-hydrogen) atoms. The van der Waals surface area contributed by atoms with Gasteiger partial charge in [-0.25, -0.2) is 9.37 Å². The first-order valence-electron chi connectivity index (χ1n) is 5.03. The van der Waals surface area contributed by atoms with E-state index in [1.165, 1.54) is 18.5 Å². The second kappa shape index (κ2) is 4.93. The van der Waals surface area contributed by atoms with E-state index < -0.39 is 6.10 Å². The lowest BCUT2D eigenvalue weighted by Gasteiger charge is -2.11. The molecule has 0 saturated heterocycles. The molecule has 1 unspecified atom stereocenters. The number of hydrogen-bond acceptors (Lipinski definition) is 3. The summed E-state index contributed by atoms with van der Waals surface area (Å²) in [5, 5.41) is 13.9. The minimum atomic E-state index is -0.801. The molecule has 0 fully saturated rings. The van der Waals surface area contributed by atoms with Crippen molar-refractivity contribution in [1.82, 2.24) is 14.8 Å². The molecule has 0 saturated carbocycles. The summed E-state index contributed by atoms with van der Waals surface area (Å²) in [4.78, 5) is 4.01. The van der Waals surface area contributed by atoms with Crippen LogP contribution in [0.5, 0.6) is 0 Å². The summed E-state index contributed by atoms with van der Waals surface area (Å²) >= 11 is 3.19. The number of aliphatic hydroxyl groups excluding tert-OH is 1. The summed E-state index contributed by atoms with van der Waals surface area (Å²) in [6, 6.07) is 4.34. The third-order valence-electron chi connectivity index (χ3n) is 2.45. The topological polar surface area (TPSA) is 50.9 Å². The van der Waals surface area contributed by atoms with Gasteiger partial charge in [0.25, 0.3) is 0 Å². The molecule has 1 heterocycles. The van der Waals surface area contributed by atoms with Crippen molar-refractivity contribution >= 4 is 15.9 Å². The molecule has 1 N–H and O–H groups in total. The van der Waals surface area contributed by atoms with Gasteiger partial charge in [0.15, 0.2) is 0 Å². The van der Waals surface area contributed by atoms with Crippen LogP contribution in [0.3, 0.4) is 0 Å². The zero-order valence-electron chi connectivity index (χ0n) is 9.14. The minimum Gasteiger partial charge on any atom is -0.388 e. The van der Waals surface area contributed by atoms with Gasteiger partial charge >= 0.3 is 0 Å². The maximum atomic E-state index is 13.2. The Hall–Kier alpha value is -1.27. The van der Waals surface area contributed by atoms with E-state index in [0.29, 0.717) is 22.3 Å². The van der Waals surface area contributed by atoms with Crippen LogP contribution in [0.25, 0.3) is 0 Å². The molecule has 6 heteroatoms. The molecule has 0 aliphatic heterocycles. The van der Waals surface area contributed by atoms with Crippen molar-refractivity contribution in [2.24, 2.45) is 7.05 Å². The van der Waals surface area contributed by atoms with Gasteiger partial charge < -0.3 is 5.11 Å². The number of nitrogens with zero attached hydrogens (tertiary/aromatic N) is 3. The summed E-state index contributed by atoms with van der Waals surface area (Å²) in [6.45, 7) is 0. The van der Waals surface area contributed by atoms with E-state index in [-0.39, 0.29) is 5.82 Å². The Morgan fingerprint density at radius 1 is 1.47 bits per heavy atom. The number of aliphatic hydroxyl groups is 1. The molecule has 2 rings (SSSR count). The SMILES string of the molecule is Cn1ncnc1CC(O)c1cc(F)cc(Br)c1. The van der Waals surface area contributed by atoms with E-state index in [1.807, 2.05) is 0 Å². The summed E-state index contributed by atoms with van der Waals surface area (Å²) in [7, 11) is 1.75. The highest BCUT2D eigenvalue weighted by molar-refractivity contribution is 9.10. The van der Waals surface area contributed by atoms with Gasteiger partial charge in [-0.15, -0.1) is 0 Å². The van der Waals surface area contributed by atoms with Crippen molar-refractivity contribution in [3.63, 3.8) is 0 Å². The molecular formula is C11H11BrFN3O. The summed E-state index contributed by atoms with van der Waals surface area (Å²) < 4.78 is 15.4. The van der Waals surface area contributed by atoms with E-state index in [1.54, 1.807) is 17.8 Å². The average molecular weight is 300 g/mol. The van der Waals surface area contributed by atoms with Crippen LogP contribution in [0.1, 0.15) is 17.5 Å². The third-order valence-corrected chi connectivity index (χ3v) is 2.91. The van der Waals surface area contributed by atoms with Crippen molar-refractivity contribution in [2.45, 2.75) is 12.5 Å². The third kappa shape index (κ3) is 2.89. The number of aryl methyl sites for hydroxylation is 1. The fraction of sp³-hybridized carbons (Fsp3) is 0.273. The van der Waals surface area contributed by atoms with Crippen LogP contribution in [-0.2, 0) is 13.5 Å². The first-order valence-corrected chi connectivity index (χ1v) is 5.82. The highest BCUT2D eigenvalue weighted by Crippen LogP contribution is 2.22. The molecule has 2 aromatic rings. The summed E-state index contributed by atoms with van der Waals surface area (Å²) in [6.07, 6.45) is 0.917. The van der Waals surface area contributed by atoms with E-state index >= 15 is 0 Å². The van der Waals surface area contributed by atoms with Crippen LogP contribution in [0.2, 0.25) is 0 Å². The summed E-state index contributed by atoms with van der Waals surface area (Å²) in [5.41, 5.74) is 0.514.